The van der Waals surface area contributed by atoms with Crippen molar-refractivity contribution in [3.05, 3.63) is 75.5 Å². The zero-order chi connectivity index (χ0) is 15.1. The summed E-state index contributed by atoms with van der Waals surface area (Å²) < 4.78 is 11.3. The lowest BCUT2D eigenvalue weighted by Gasteiger charge is -2.34. The van der Waals surface area contributed by atoms with Gasteiger partial charge in [0.1, 0.15) is 11.9 Å². The molecule has 0 fully saturated rings. The average molecular weight is 293 g/mol. The molecule has 1 aliphatic heterocycles. The largest absolute Gasteiger partial charge is 0.474 e. The Kier molecular flexibility index (Phi) is 2.96. The molecule has 2 unspecified atom stereocenters. The third kappa shape index (κ3) is 1.99. The number of ether oxygens (including phenoxy) is 1. The van der Waals surface area contributed by atoms with Gasteiger partial charge in [0.15, 0.2) is 11.8 Å². The van der Waals surface area contributed by atoms with Crippen LogP contribution >= 0.6 is 0 Å². The molecule has 1 aliphatic carbocycles. The van der Waals surface area contributed by atoms with Crippen LogP contribution < -0.4 is 5.43 Å². The number of rotatable bonds is 1. The maximum Gasteiger partial charge on any atom is 0.188 e. The first-order valence-electron chi connectivity index (χ1n) is 7.29. The van der Waals surface area contributed by atoms with Crippen molar-refractivity contribution < 1.29 is 9.15 Å². The minimum atomic E-state index is -0.168. The third-order valence-corrected chi connectivity index (χ3v) is 4.32. The van der Waals surface area contributed by atoms with Gasteiger partial charge in [0.2, 0.25) is 0 Å². The van der Waals surface area contributed by atoms with Crippen molar-refractivity contribution in [2.45, 2.75) is 25.4 Å². The van der Waals surface area contributed by atoms with E-state index in [1.807, 2.05) is 0 Å². The predicted octanol–water partition coefficient (Wildman–Crippen LogP) is 3.06. The lowest BCUT2D eigenvalue weighted by Crippen LogP contribution is -2.33. The van der Waals surface area contributed by atoms with Gasteiger partial charge < -0.3 is 9.15 Å². The van der Waals surface area contributed by atoms with Crippen molar-refractivity contribution in [2.75, 3.05) is 0 Å². The second-order valence-electron chi connectivity index (χ2n) is 5.71. The molecule has 2 aromatic rings. The van der Waals surface area contributed by atoms with Gasteiger partial charge in [0.05, 0.1) is 11.8 Å². The molecule has 2 aliphatic rings. The van der Waals surface area contributed by atoms with Crippen molar-refractivity contribution in [2.24, 2.45) is 4.99 Å². The van der Waals surface area contributed by atoms with E-state index >= 15 is 0 Å². The Balaban J connectivity index is 1.87. The Morgan fingerprint density at radius 2 is 2.00 bits per heavy atom. The summed E-state index contributed by atoms with van der Waals surface area (Å²) in [5, 5.41) is 0. The van der Waals surface area contributed by atoms with Crippen LogP contribution in [0, 0.1) is 6.92 Å². The second kappa shape index (κ2) is 4.98. The van der Waals surface area contributed by atoms with E-state index in [-0.39, 0.29) is 17.5 Å². The Bertz CT molecular complexity index is 830. The van der Waals surface area contributed by atoms with Gasteiger partial charge in [-0.05, 0) is 18.9 Å². The monoisotopic (exact) mass is 293 g/mol. The Hall–Kier alpha value is -2.62. The summed E-state index contributed by atoms with van der Waals surface area (Å²) in [7, 11) is 0. The SMILES string of the molecule is Cc1ccc(C2Cc3c(occc3=O)C3=CN=COC32)cc1. The van der Waals surface area contributed by atoms with Crippen LogP contribution in [0.4, 0.5) is 0 Å². The van der Waals surface area contributed by atoms with Gasteiger partial charge in [-0.2, -0.15) is 0 Å². The van der Waals surface area contributed by atoms with Crippen LogP contribution in [0.25, 0.3) is 5.57 Å². The normalized spacial score (nSPS) is 22.3. The standard InChI is InChI=1S/C18H15NO3/c1-11-2-4-12(5-3-11)13-8-14-16(20)6-7-21-18(14)15-9-19-10-22-17(13)15/h2-7,9-10,13,17H,8H2,1H3. The maximum atomic E-state index is 12.2. The van der Waals surface area contributed by atoms with Crippen molar-refractivity contribution in [3.63, 3.8) is 0 Å². The smallest absolute Gasteiger partial charge is 0.188 e. The Morgan fingerprint density at radius 3 is 2.82 bits per heavy atom. The van der Waals surface area contributed by atoms with E-state index in [0.717, 1.165) is 11.1 Å². The minimum Gasteiger partial charge on any atom is -0.474 e. The highest BCUT2D eigenvalue weighted by Gasteiger charge is 2.38. The summed E-state index contributed by atoms with van der Waals surface area (Å²) in [6.07, 6.45) is 5.07. The van der Waals surface area contributed by atoms with Crippen molar-refractivity contribution >= 4 is 12.0 Å². The lowest BCUT2D eigenvalue weighted by atomic mass is 9.77. The molecule has 4 nitrogen and oxygen atoms in total. The highest BCUT2D eigenvalue weighted by Crippen LogP contribution is 2.41. The number of hydrogen-bond acceptors (Lipinski definition) is 4. The predicted molar refractivity (Wildman–Crippen MR) is 83.9 cm³/mol. The van der Waals surface area contributed by atoms with E-state index < -0.39 is 0 Å². The summed E-state index contributed by atoms with van der Waals surface area (Å²) in [4.78, 5) is 16.3. The Labute approximate surface area is 127 Å². The van der Waals surface area contributed by atoms with Crippen LogP contribution in [-0.2, 0) is 11.2 Å². The van der Waals surface area contributed by atoms with Crippen LogP contribution in [0.15, 0.2) is 57.0 Å². The van der Waals surface area contributed by atoms with E-state index in [9.17, 15) is 4.79 Å². The first-order chi connectivity index (χ1) is 10.7. The van der Waals surface area contributed by atoms with E-state index in [1.165, 1.54) is 24.3 Å². The molecule has 4 heteroatoms. The number of nitrogens with zero attached hydrogens (tertiary/aromatic N) is 1. The second-order valence-corrected chi connectivity index (χ2v) is 5.71. The molecular weight excluding hydrogens is 278 g/mol. The van der Waals surface area contributed by atoms with E-state index in [1.54, 1.807) is 6.20 Å². The molecule has 1 aromatic carbocycles. The number of hydrogen-bond donors (Lipinski definition) is 0. The van der Waals surface area contributed by atoms with Gasteiger partial charge in [-0.1, -0.05) is 29.8 Å². The summed E-state index contributed by atoms with van der Waals surface area (Å²) in [5.74, 6) is 0.689. The van der Waals surface area contributed by atoms with Crippen LogP contribution in [0.1, 0.15) is 28.4 Å². The molecule has 22 heavy (non-hydrogen) atoms. The van der Waals surface area contributed by atoms with Crippen LogP contribution in [-0.4, -0.2) is 12.5 Å². The van der Waals surface area contributed by atoms with Gasteiger partial charge >= 0.3 is 0 Å². The molecule has 0 spiro atoms. The fraction of sp³-hybridized carbons (Fsp3) is 0.222. The van der Waals surface area contributed by atoms with Crippen molar-refractivity contribution in [1.29, 1.82) is 0 Å². The maximum absolute atomic E-state index is 12.2. The third-order valence-electron chi connectivity index (χ3n) is 4.32. The van der Waals surface area contributed by atoms with Crippen molar-refractivity contribution in [3.8, 4) is 0 Å². The van der Waals surface area contributed by atoms with Gasteiger partial charge in [-0.3, -0.25) is 4.79 Å². The molecular formula is C18H15NO3. The molecule has 2 atom stereocenters. The van der Waals surface area contributed by atoms with E-state index in [0.29, 0.717) is 17.7 Å². The van der Waals surface area contributed by atoms with Crippen LogP contribution in [0.5, 0.6) is 0 Å². The average Bonchev–Trinajstić information content (AvgIpc) is 2.55. The summed E-state index contributed by atoms with van der Waals surface area (Å²) in [5.41, 5.74) is 3.92. The van der Waals surface area contributed by atoms with Gasteiger partial charge in [-0.15, -0.1) is 0 Å². The van der Waals surface area contributed by atoms with Gasteiger partial charge in [-0.25, -0.2) is 4.99 Å². The molecule has 110 valence electrons. The quantitative estimate of drug-likeness (QED) is 0.812. The molecule has 0 radical (unpaired) electrons. The molecule has 1 aromatic heterocycles. The molecule has 0 amide bonds. The number of fused-ring (bicyclic) bond motifs is 3. The minimum absolute atomic E-state index is 0.00673. The molecule has 4 rings (SSSR count). The zero-order valence-electron chi connectivity index (χ0n) is 12.2. The van der Waals surface area contributed by atoms with Crippen LogP contribution in [0.2, 0.25) is 0 Å². The van der Waals surface area contributed by atoms with E-state index in [2.05, 4.69) is 36.2 Å². The fourth-order valence-corrected chi connectivity index (χ4v) is 3.17. The molecule has 0 saturated carbocycles. The molecule has 0 bridgehead atoms. The summed E-state index contributed by atoms with van der Waals surface area (Å²) in [6.45, 7) is 2.06. The Morgan fingerprint density at radius 1 is 1.18 bits per heavy atom. The van der Waals surface area contributed by atoms with Gasteiger partial charge in [0, 0.05) is 23.7 Å². The van der Waals surface area contributed by atoms with Crippen LogP contribution in [0.3, 0.4) is 0 Å². The summed E-state index contributed by atoms with van der Waals surface area (Å²) in [6, 6.07) is 9.83. The molecule has 0 N–H and O–H groups in total. The van der Waals surface area contributed by atoms with Gasteiger partial charge in [0.25, 0.3) is 0 Å². The number of aliphatic imine (C=N–C) groups is 1. The molecule has 2 heterocycles. The first-order valence-corrected chi connectivity index (χ1v) is 7.29. The number of aryl methyl sites for hydroxylation is 1. The number of benzene rings is 1. The first kappa shape index (κ1) is 13.1. The summed E-state index contributed by atoms with van der Waals surface area (Å²) >= 11 is 0. The highest BCUT2D eigenvalue weighted by molar-refractivity contribution is 5.75. The topological polar surface area (TPSA) is 51.8 Å². The lowest BCUT2D eigenvalue weighted by molar-refractivity contribution is 0.208. The zero-order valence-corrected chi connectivity index (χ0v) is 12.2. The molecule has 0 saturated heterocycles. The van der Waals surface area contributed by atoms with E-state index in [4.69, 9.17) is 9.15 Å². The fourth-order valence-electron chi connectivity index (χ4n) is 3.17. The van der Waals surface area contributed by atoms with Crippen molar-refractivity contribution in [1.82, 2.24) is 0 Å². The highest BCUT2D eigenvalue weighted by atomic mass is 16.5.